The number of aromatic amines is 1. The number of aromatic nitrogens is 1. The lowest BCUT2D eigenvalue weighted by molar-refractivity contribution is -0.114. The largest absolute Gasteiger partial charge is 0.326 e. The number of carbonyl (C=O) groups is 1. The zero-order valence-corrected chi connectivity index (χ0v) is 18.1. The Labute approximate surface area is 182 Å². The quantitative estimate of drug-likeness (QED) is 0.559. The van der Waals surface area contributed by atoms with Gasteiger partial charge in [-0.3, -0.25) is 14.6 Å². The number of hydrogen-bond acceptors (Lipinski definition) is 3. The van der Waals surface area contributed by atoms with Gasteiger partial charge in [-0.05, 0) is 55.7 Å². The summed E-state index contributed by atoms with van der Waals surface area (Å²) in [5.74, 6) is 0.157. The van der Waals surface area contributed by atoms with Crippen LogP contribution in [0.3, 0.4) is 0 Å². The van der Waals surface area contributed by atoms with Crippen LogP contribution in [0.5, 0.6) is 0 Å². The summed E-state index contributed by atoms with van der Waals surface area (Å²) in [5, 5.41) is 2.80. The SMILES string of the molecule is C/C=C1\C2C=C(C)CC1(/N=C/C=C/c1cccc(NC(C)=O)c1)c1ccc(=O)[nH]c1C2. The van der Waals surface area contributed by atoms with Crippen LogP contribution in [0.2, 0.25) is 0 Å². The van der Waals surface area contributed by atoms with Crippen molar-refractivity contribution < 1.29 is 4.79 Å². The van der Waals surface area contributed by atoms with E-state index >= 15 is 0 Å². The number of carbonyl (C=O) groups excluding carboxylic acids is 1. The standard InChI is InChI=1S/C26H27N3O2/c1-4-22-20-13-17(2)16-26(22,23-10-11-25(31)29-24(23)15-20)27-12-6-8-19-7-5-9-21(14-19)28-18(3)30/h4-14,20H,15-16H2,1-3H3,(H,28,30)(H,29,31)/b8-6+,22-4+,27-12+. The summed E-state index contributed by atoms with van der Waals surface area (Å²) in [5.41, 5.74) is 5.86. The van der Waals surface area contributed by atoms with Crippen molar-refractivity contribution in [3.63, 3.8) is 0 Å². The van der Waals surface area contributed by atoms with Crippen LogP contribution in [0, 0.1) is 5.92 Å². The molecule has 0 spiro atoms. The first kappa shape index (κ1) is 20.8. The molecule has 2 aliphatic rings. The Bertz CT molecular complexity index is 1200. The van der Waals surface area contributed by atoms with E-state index in [9.17, 15) is 9.59 Å². The van der Waals surface area contributed by atoms with E-state index in [-0.39, 0.29) is 17.4 Å². The average Bonchev–Trinajstić information content (AvgIpc) is 2.70. The van der Waals surface area contributed by atoms with Crippen LogP contribution in [-0.2, 0) is 16.8 Å². The van der Waals surface area contributed by atoms with Crippen molar-refractivity contribution in [1.29, 1.82) is 0 Å². The molecule has 5 heteroatoms. The summed E-state index contributed by atoms with van der Waals surface area (Å²) in [6.07, 6.45) is 11.8. The van der Waals surface area contributed by atoms with E-state index in [4.69, 9.17) is 4.99 Å². The van der Waals surface area contributed by atoms with Gasteiger partial charge in [0.25, 0.3) is 0 Å². The van der Waals surface area contributed by atoms with Gasteiger partial charge in [0.1, 0.15) is 5.54 Å². The minimum atomic E-state index is -0.488. The Kier molecular flexibility index (Phi) is 5.59. The van der Waals surface area contributed by atoms with E-state index < -0.39 is 5.54 Å². The highest BCUT2D eigenvalue weighted by atomic mass is 16.1. The van der Waals surface area contributed by atoms with E-state index in [0.29, 0.717) is 0 Å². The number of fused-ring (bicyclic) bond motifs is 4. The molecule has 158 valence electrons. The fourth-order valence-corrected chi connectivity index (χ4v) is 4.90. The Morgan fingerprint density at radius 1 is 1.29 bits per heavy atom. The van der Waals surface area contributed by atoms with Gasteiger partial charge in [-0.2, -0.15) is 0 Å². The Hall–Kier alpha value is -3.47. The van der Waals surface area contributed by atoms with E-state index in [0.717, 1.165) is 35.3 Å². The number of allylic oxidation sites excluding steroid dienone is 3. The van der Waals surface area contributed by atoms with E-state index in [1.807, 2.05) is 48.7 Å². The van der Waals surface area contributed by atoms with Gasteiger partial charge in [-0.25, -0.2) is 0 Å². The number of H-pyrrole nitrogens is 1. The molecule has 2 atom stereocenters. The molecule has 2 aromatic rings. The first-order valence-corrected chi connectivity index (χ1v) is 10.6. The maximum absolute atomic E-state index is 11.9. The monoisotopic (exact) mass is 413 g/mol. The molecule has 0 saturated heterocycles. The van der Waals surface area contributed by atoms with Gasteiger partial charge in [0.15, 0.2) is 0 Å². The van der Waals surface area contributed by atoms with Crippen molar-refractivity contribution in [2.45, 2.75) is 39.2 Å². The molecule has 1 heterocycles. The molecule has 0 radical (unpaired) electrons. The van der Waals surface area contributed by atoms with Crippen molar-refractivity contribution in [2.75, 3.05) is 5.32 Å². The fourth-order valence-electron chi connectivity index (χ4n) is 4.90. The van der Waals surface area contributed by atoms with Crippen LogP contribution >= 0.6 is 0 Å². The van der Waals surface area contributed by atoms with E-state index in [2.05, 4.69) is 36.3 Å². The molecule has 2 aliphatic carbocycles. The fraction of sp³-hybridized carbons (Fsp3) is 0.269. The Morgan fingerprint density at radius 3 is 2.90 bits per heavy atom. The van der Waals surface area contributed by atoms with Gasteiger partial charge in [0, 0.05) is 48.5 Å². The van der Waals surface area contributed by atoms with Crippen molar-refractivity contribution in [3.8, 4) is 0 Å². The number of benzene rings is 1. The molecule has 2 N–H and O–H groups in total. The minimum Gasteiger partial charge on any atom is -0.326 e. The first-order valence-electron chi connectivity index (χ1n) is 10.6. The van der Waals surface area contributed by atoms with Gasteiger partial charge < -0.3 is 10.3 Å². The molecular weight excluding hydrogens is 386 g/mol. The van der Waals surface area contributed by atoms with Crippen LogP contribution in [0.15, 0.2) is 75.6 Å². The number of nitrogens with zero attached hydrogens (tertiary/aromatic N) is 1. The number of rotatable bonds is 4. The molecule has 0 saturated carbocycles. The second kappa shape index (κ2) is 8.34. The third-order valence-corrected chi connectivity index (χ3v) is 5.96. The molecule has 2 bridgehead atoms. The topological polar surface area (TPSA) is 74.3 Å². The van der Waals surface area contributed by atoms with Gasteiger partial charge in [-0.1, -0.05) is 35.9 Å². The highest BCUT2D eigenvalue weighted by Gasteiger charge is 2.46. The molecule has 5 nitrogen and oxygen atoms in total. The van der Waals surface area contributed by atoms with E-state index in [1.165, 1.54) is 18.1 Å². The van der Waals surface area contributed by atoms with Crippen LogP contribution in [0.1, 0.15) is 44.0 Å². The van der Waals surface area contributed by atoms with Crippen LogP contribution in [-0.4, -0.2) is 17.1 Å². The number of anilines is 1. The van der Waals surface area contributed by atoms with E-state index in [1.54, 1.807) is 6.07 Å². The molecule has 2 unspecified atom stereocenters. The first-order chi connectivity index (χ1) is 14.9. The lowest BCUT2D eigenvalue weighted by atomic mass is 9.63. The molecule has 1 aromatic heterocycles. The minimum absolute atomic E-state index is 0.0699. The number of aliphatic imine (C=N–C) groups is 1. The third-order valence-electron chi connectivity index (χ3n) is 5.96. The summed E-state index contributed by atoms with van der Waals surface area (Å²) >= 11 is 0. The molecule has 0 aliphatic heterocycles. The Morgan fingerprint density at radius 2 is 2.13 bits per heavy atom. The number of hydrogen-bond donors (Lipinski definition) is 2. The van der Waals surface area contributed by atoms with Crippen molar-refractivity contribution >= 4 is 23.9 Å². The van der Waals surface area contributed by atoms with Gasteiger partial charge >= 0.3 is 0 Å². The molecule has 31 heavy (non-hydrogen) atoms. The summed E-state index contributed by atoms with van der Waals surface area (Å²) in [6, 6.07) is 11.2. The highest BCUT2D eigenvalue weighted by Crippen LogP contribution is 2.51. The lowest BCUT2D eigenvalue weighted by Gasteiger charge is -2.45. The lowest BCUT2D eigenvalue weighted by Crippen LogP contribution is -2.40. The maximum atomic E-state index is 11.9. The molecule has 1 amide bonds. The van der Waals surface area contributed by atoms with Crippen LogP contribution < -0.4 is 10.9 Å². The molecule has 4 rings (SSSR count). The number of amides is 1. The van der Waals surface area contributed by atoms with Gasteiger partial charge in [0.2, 0.25) is 11.5 Å². The second-order valence-corrected chi connectivity index (χ2v) is 8.26. The summed E-state index contributed by atoms with van der Waals surface area (Å²) in [7, 11) is 0. The highest BCUT2D eigenvalue weighted by molar-refractivity contribution is 5.89. The Balaban J connectivity index is 1.69. The summed E-state index contributed by atoms with van der Waals surface area (Å²) in [4.78, 5) is 31.3. The molecule has 1 aromatic carbocycles. The van der Waals surface area contributed by atoms with Crippen LogP contribution in [0.25, 0.3) is 6.08 Å². The smallest absolute Gasteiger partial charge is 0.248 e. The van der Waals surface area contributed by atoms with Crippen molar-refractivity contribution in [2.24, 2.45) is 10.9 Å². The molecule has 0 fully saturated rings. The number of nitrogens with one attached hydrogen (secondary N) is 2. The predicted octanol–water partition coefficient (Wildman–Crippen LogP) is 4.78. The summed E-state index contributed by atoms with van der Waals surface area (Å²) in [6.45, 7) is 5.72. The van der Waals surface area contributed by atoms with Gasteiger partial charge in [0.05, 0.1) is 0 Å². The zero-order chi connectivity index (χ0) is 22.0. The average molecular weight is 414 g/mol. The summed E-state index contributed by atoms with van der Waals surface area (Å²) < 4.78 is 0. The van der Waals surface area contributed by atoms with Crippen molar-refractivity contribution in [1.82, 2.24) is 4.98 Å². The third kappa shape index (κ3) is 4.08. The van der Waals surface area contributed by atoms with Crippen molar-refractivity contribution in [3.05, 3.63) is 92.9 Å². The molecular formula is C26H27N3O2. The zero-order valence-electron chi connectivity index (χ0n) is 18.1. The van der Waals surface area contributed by atoms with Gasteiger partial charge in [-0.15, -0.1) is 0 Å². The maximum Gasteiger partial charge on any atom is 0.248 e. The normalized spacial score (nSPS) is 23.8. The second-order valence-electron chi connectivity index (χ2n) is 8.26. The van der Waals surface area contributed by atoms with Crippen LogP contribution in [0.4, 0.5) is 5.69 Å². The number of pyridine rings is 1. The predicted molar refractivity (Wildman–Crippen MR) is 126 cm³/mol.